The molecule has 1 amide bonds. The molecule has 104 valence electrons. The fraction of sp³-hybridized carbons (Fsp3) is 0.333. The zero-order valence-electron chi connectivity index (χ0n) is 11.1. The average Bonchev–Trinajstić information content (AvgIpc) is 2.84. The Hall–Kier alpha value is -1.75. The molecule has 1 aromatic carbocycles. The number of carbonyl (C=O) groups excluding carboxylic acids is 1. The largest absolute Gasteiger partial charge is 0.507 e. The summed E-state index contributed by atoms with van der Waals surface area (Å²) < 4.78 is 0. The van der Waals surface area contributed by atoms with Crippen LogP contribution in [-0.4, -0.2) is 34.2 Å². The van der Waals surface area contributed by atoms with Crippen molar-refractivity contribution in [3.8, 4) is 5.75 Å². The number of carbonyl (C=O) groups is 1. The molecule has 2 aliphatic rings. The van der Waals surface area contributed by atoms with E-state index in [4.69, 9.17) is 0 Å². The number of aliphatic imine (C=N–C) groups is 1. The van der Waals surface area contributed by atoms with Crippen molar-refractivity contribution in [2.75, 3.05) is 13.1 Å². The van der Waals surface area contributed by atoms with Crippen molar-refractivity contribution in [2.45, 2.75) is 19.3 Å². The second-order valence-corrected chi connectivity index (χ2v) is 5.93. The van der Waals surface area contributed by atoms with Crippen molar-refractivity contribution in [1.29, 1.82) is 0 Å². The number of thioether (sulfide) groups is 1. The zero-order chi connectivity index (χ0) is 13.9. The number of phenolic OH excluding ortho intramolecular Hbond substituents is 1. The van der Waals surface area contributed by atoms with Crippen molar-refractivity contribution in [3.05, 3.63) is 34.7 Å². The number of amides is 1. The van der Waals surface area contributed by atoms with E-state index in [9.17, 15) is 9.90 Å². The summed E-state index contributed by atoms with van der Waals surface area (Å²) in [6, 6.07) is 7.00. The van der Waals surface area contributed by atoms with E-state index in [-0.39, 0.29) is 11.7 Å². The Labute approximate surface area is 122 Å². The van der Waals surface area contributed by atoms with Gasteiger partial charge < -0.3 is 10.0 Å². The van der Waals surface area contributed by atoms with Gasteiger partial charge in [-0.3, -0.25) is 4.79 Å². The monoisotopic (exact) mass is 288 g/mol. The van der Waals surface area contributed by atoms with Gasteiger partial charge in [-0.1, -0.05) is 18.2 Å². The molecule has 0 saturated carbocycles. The van der Waals surface area contributed by atoms with Gasteiger partial charge in [-0.25, -0.2) is 0 Å². The third-order valence-electron chi connectivity index (χ3n) is 3.46. The van der Waals surface area contributed by atoms with Crippen molar-refractivity contribution in [3.63, 3.8) is 0 Å². The summed E-state index contributed by atoms with van der Waals surface area (Å²) >= 11 is 1.41. The lowest BCUT2D eigenvalue weighted by atomic mass is 10.1. The molecule has 2 aliphatic heterocycles. The maximum absolute atomic E-state index is 12.0. The number of piperidine rings is 1. The summed E-state index contributed by atoms with van der Waals surface area (Å²) in [5.74, 6) is -0.0290. The number of likely N-dealkylation sites (tertiary alicyclic amines) is 1. The minimum atomic E-state index is -0.209. The Balaban J connectivity index is 1.78. The number of amidine groups is 1. The highest BCUT2D eigenvalue weighted by atomic mass is 32.2. The first kappa shape index (κ1) is 13.2. The first-order chi connectivity index (χ1) is 9.74. The topological polar surface area (TPSA) is 52.9 Å². The lowest BCUT2D eigenvalue weighted by Gasteiger charge is -2.27. The van der Waals surface area contributed by atoms with Crippen LogP contribution in [0.4, 0.5) is 0 Å². The molecule has 0 aliphatic carbocycles. The van der Waals surface area contributed by atoms with E-state index >= 15 is 0 Å². The highest BCUT2D eigenvalue weighted by Gasteiger charge is 2.26. The zero-order valence-corrected chi connectivity index (χ0v) is 11.9. The van der Waals surface area contributed by atoms with Crippen LogP contribution in [0.15, 0.2) is 34.2 Å². The maximum atomic E-state index is 12.0. The molecule has 1 N–H and O–H groups in total. The van der Waals surface area contributed by atoms with Crippen molar-refractivity contribution >= 4 is 28.9 Å². The predicted molar refractivity (Wildman–Crippen MR) is 81.5 cm³/mol. The SMILES string of the molecule is O=C1N=C(N2CCCCC2)S/C1=C/c1ccccc1O. The normalized spacial score (nSPS) is 21.4. The van der Waals surface area contributed by atoms with Gasteiger partial charge in [0.1, 0.15) is 5.75 Å². The molecule has 5 heteroatoms. The van der Waals surface area contributed by atoms with Gasteiger partial charge in [0, 0.05) is 18.7 Å². The number of para-hydroxylation sites is 1. The van der Waals surface area contributed by atoms with Gasteiger partial charge in [-0.15, -0.1) is 0 Å². The van der Waals surface area contributed by atoms with Gasteiger partial charge in [0.2, 0.25) is 0 Å². The molecule has 3 rings (SSSR count). The van der Waals surface area contributed by atoms with Crippen molar-refractivity contribution in [1.82, 2.24) is 4.90 Å². The molecule has 0 spiro atoms. The predicted octanol–water partition coefficient (Wildman–Crippen LogP) is 2.85. The van der Waals surface area contributed by atoms with E-state index in [1.54, 1.807) is 24.3 Å². The van der Waals surface area contributed by atoms with E-state index in [2.05, 4.69) is 9.89 Å². The van der Waals surface area contributed by atoms with E-state index in [0.29, 0.717) is 10.5 Å². The Morgan fingerprint density at radius 3 is 2.70 bits per heavy atom. The fourth-order valence-electron chi connectivity index (χ4n) is 2.37. The average molecular weight is 288 g/mol. The standard InChI is InChI=1S/C15H16N2O2S/c18-12-7-3-2-6-11(12)10-13-14(19)16-15(20-13)17-8-4-1-5-9-17/h2-3,6-7,10,18H,1,4-5,8-9H2/b13-10+. The maximum Gasteiger partial charge on any atom is 0.286 e. The van der Waals surface area contributed by atoms with Crippen LogP contribution in [0.25, 0.3) is 6.08 Å². The summed E-state index contributed by atoms with van der Waals surface area (Å²) in [5.41, 5.74) is 0.651. The number of aromatic hydroxyl groups is 1. The molecule has 0 unspecified atom stereocenters. The minimum Gasteiger partial charge on any atom is -0.507 e. The van der Waals surface area contributed by atoms with Crippen LogP contribution in [0.3, 0.4) is 0 Å². The lowest BCUT2D eigenvalue weighted by molar-refractivity contribution is -0.113. The van der Waals surface area contributed by atoms with Gasteiger partial charge in [0.15, 0.2) is 5.17 Å². The number of rotatable bonds is 1. The van der Waals surface area contributed by atoms with E-state index < -0.39 is 0 Å². The molecule has 2 heterocycles. The fourth-order valence-corrected chi connectivity index (χ4v) is 3.33. The molecule has 1 aromatic rings. The Kier molecular flexibility index (Phi) is 3.78. The summed E-state index contributed by atoms with van der Waals surface area (Å²) in [7, 11) is 0. The molecule has 1 fully saturated rings. The molecular weight excluding hydrogens is 272 g/mol. The Bertz CT molecular complexity index is 589. The second kappa shape index (κ2) is 5.71. The van der Waals surface area contributed by atoms with E-state index in [0.717, 1.165) is 31.1 Å². The van der Waals surface area contributed by atoms with Crippen molar-refractivity contribution in [2.24, 2.45) is 4.99 Å². The van der Waals surface area contributed by atoms with Gasteiger partial charge in [0.05, 0.1) is 4.91 Å². The Morgan fingerprint density at radius 1 is 1.20 bits per heavy atom. The highest BCUT2D eigenvalue weighted by Crippen LogP contribution is 2.32. The highest BCUT2D eigenvalue weighted by molar-refractivity contribution is 8.18. The number of hydrogen-bond acceptors (Lipinski definition) is 4. The first-order valence-corrected chi connectivity index (χ1v) is 7.61. The van der Waals surface area contributed by atoms with Crippen LogP contribution in [0.5, 0.6) is 5.75 Å². The van der Waals surface area contributed by atoms with Crippen LogP contribution in [0.2, 0.25) is 0 Å². The van der Waals surface area contributed by atoms with Crippen LogP contribution < -0.4 is 0 Å². The smallest absolute Gasteiger partial charge is 0.286 e. The molecule has 0 radical (unpaired) electrons. The van der Waals surface area contributed by atoms with Gasteiger partial charge >= 0.3 is 0 Å². The third-order valence-corrected chi connectivity index (χ3v) is 4.50. The summed E-state index contributed by atoms with van der Waals surface area (Å²) in [6.07, 6.45) is 5.28. The van der Waals surface area contributed by atoms with Gasteiger partial charge in [-0.05, 0) is 43.2 Å². The number of benzene rings is 1. The second-order valence-electron chi connectivity index (χ2n) is 4.92. The van der Waals surface area contributed by atoms with Crippen LogP contribution in [0.1, 0.15) is 24.8 Å². The van der Waals surface area contributed by atoms with Crippen LogP contribution in [0, 0.1) is 0 Å². The van der Waals surface area contributed by atoms with Crippen LogP contribution in [-0.2, 0) is 4.79 Å². The van der Waals surface area contributed by atoms with Crippen LogP contribution >= 0.6 is 11.8 Å². The quantitative estimate of drug-likeness (QED) is 0.807. The number of nitrogens with zero attached hydrogens (tertiary/aromatic N) is 2. The van der Waals surface area contributed by atoms with Crippen molar-refractivity contribution < 1.29 is 9.90 Å². The third kappa shape index (κ3) is 2.72. The molecule has 0 aromatic heterocycles. The number of phenols is 1. The minimum absolute atomic E-state index is 0.180. The molecule has 1 saturated heterocycles. The lowest BCUT2D eigenvalue weighted by Crippen LogP contribution is -2.33. The Morgan fingerprint density at radius 2 is 1.95 bits per heavy atom. The van der Waals surface area contributed by atoms with E-state index in [1.807, 2.05) is 6.07 Å². The molecule has 4 nitrogen and oxygen atoms in total. The number of hydrogen-bond donors (Lipinski definition) is 1. The first-order valence-electron chi connectivity index (χ1n) is 6.79. The summed E-state index contributed by atoms with van der Waals surface area (Å²) in [4.78, 5) is 18.8. The molecule has 0 bridgehead atoms. The van der Waals surface area contributed by atoms with Gasteiger partial charge in [0.25, 0.3) is 5.91 Å². The van der Waals surface area contributed by atoms with Gasteiger partial charge in [-0.2, -0.15) is 4.99 Å². The molecular formula is C15H16N2O2S. The van der Waals surface area contributed by atoms with E-state index in [1.165, 1.54) is 18.2 Å². The summed E-state index contributed by atoms with van der Waals surface area (Å²) in [5, 5.41) is 10.6. The summed E-state index contributed by atoms with van der Waals surface area (Å²) in [6.45, 7) is 1.95. The molecule has 0 atom stereocenters. The molecule has 20 heavy (non-hydrogen) atoms.